The molecule has 0 spiro atoms. The van der Waals surface area contributed by atoms with E-state index in [4.69, 9.17) is 9.73 Å². The Kier molecular flexibility index (Phi) is 12.8. The summed E-state index contributed by atoms with van der Waals surface area (Å²) in [6.45, 7) is 5.86. The van der Waals surface area contributed by atoms with Gasteiger partial charge >= 0.3 is 0 Å². The number of thioether (sulfide) groups is 1. The second-order valence-corrected chi connectivity index (χ2v) is 9.50. The van der Waals surface area contributed by atoms with Crippen LogP contribution in [-0.2, 0) is 19.7 Å². The van der Waals surface area contributed by atoms with Crippen molar-refractivity contribution in [1.82, 2.24) is 10.6 Å². The molecule has 0 saturated heterocycles. The highest BCUT2D eigenvalue weighted by Crippen LogP contribution is 2.36. The number of nitrogens with zero attached hydrogens (tertiary/aromatic N) is 2. The van der Waals surface area contributed by atoms with E-state index in [9.17, 15) is 9.59 Å². The van der Waals surface area contributed by atoms with Crippen molar-refractivity contribution in [2.24, 2.45) is 9.98 Å². The molecule has 0 fully saturated rings. The first-order valence-corrected chi connectivity index (χ1v) is 12.8. The van der Waals surface area contributed by atoms with Crippen molar-refractivity contribution in [3.05, 3.63) is 46.5 Å². The number of rotatable bonds is 17. The molecule has 0 bridgehead atoms. The number of hydrogen-bond acceptors (Lipinski definition) is 7. The first-order chi connectivity index (χ1) is 16.6. The van der Waals surface area contributed by atoms with Gasteiger partial charge in [0.05, 0.1) is 10.6 Å². The van der Waals surface area contributed by atoms with Crippen LogP contribution < -0.4 is 10.6 Å². The van der Waals surface area contributed by atoms with E-state index < -0.39 is 0 Å². The van der Waals surface area contributed by atoms with E-state index >= 15 is 0 Å². The smallest absolute Gasteiger partial charge is 0.159 e. The molecule has 34 heavy (non-hydrogen) atoms. The Morgan fingerprint density at radius 1 is 1.26 bits per heavy atom. The molecule has 186 valence electrons. The number of ketones is 1. The zero-order valence-corrected chi connectivity index (χ0v) is 21.3. The SMILES string of the molecule is C=NC1=C(C(=NCCCC=O)NCCC(CCNC)(CC(=O)COC)c2ccccc2)SCC1. The van der Waals surface area contributed by atoms with Gasteiger partial charge in [0.2, 0.25) is 0 Å². The lowest BCUT2D eigenvalue weighted by Crippen LogP contribution is -2.38. The molecule has 2 rings (SSSR count). The Hall–Kier alpha value is -2.29. The van der Waals surface area contributed by atoms with Crippen LogP contribution in [0, 0.1) is 0 Å². The number of unbranched alkanes of at least 4 members (excludes halogenated alkanes) is 1. The number of amidine groups is 1. The summed E-state index contributed by atoms with van der Waals surface area (Å²) < 4.78 is 5.14. The molecule has 0 aromatic heterocycles. The maximum absolute atomic E-state index is 12.7. The summed E-state index contributed by atoms with van der Waals surface area (Å²) in [5.74, 6) is 1.87. The van der Waals surface area contributed by atoms with Gasteiger partial charge in [0.15, 0.2) is 5.78 Å². The zero-order chi connectivity index (χ0) is 24.7. The Morgan fingerprint density at radius 2 is 2.03 bits per heavy atom. The quantitative estimate of drug-likeness (QED) is 0.151. The monoisotopic (exact) mass is 486 g/mol. The van der Waals surface area contributed by atoms with Crippen molar-refractivity contribution < 1.29 is 14.3 Å². The number of aliphatic imine (C=N–C) groups is 2. The van der Waals surface area contributed by atoms with Crippen LogP contribution in [0.5, 0.6) is 0 Å². The number of Topliss-reactive ketones (excluding diaryl/α,β-unsaturated/α-hetero) is 1. The number of carbonyl (C=O) groups is 2. The van der Waals surface area contributed by atoms with E-state index in [2.05, 4.69) is 34.5 Å². The molecule has 1 aromatic carbocycles. The van der Waals surface area contributed by atoms with E-state index in [1.54, 1.807) is 18.9 Å². The number of hydrogen-bond donors (Lipinski definition) is 2. The van der Waals surface area contributed by atoms with Gasteiger partial charge in [-0.1, -0.05) is 30.3 Å². The van der Waals surface area contributed by atoms with Crippen LogP contribution in [0.2, 0.25) is 0 Å². The lowest BCUT2D eigenvalue weighted by atomic mass is 9.71. The van der Waals surface area contributed by atoms with Crippen molar-refractivity contribution in [2.45, 2.75) is 43.9 Å². The molecule has 2 N–H and O–H groups in total. The summed E-state index contributed by atoms with van der Waals surface area (Å²) in [6, 6.07) is 10.3. The Bertz CT molecular complexity index is 857. The van der Waals surface area contributed by atoms with Crippen LogP contribution in [0.4, 0.5) is 0 Å². The standard InChI is InChI=1S/C26H38N4O3S/c1-27-15-12-26(19-22(32)20-33-3,21-9-5-4-6-10-21)13-16-30-25(29-14-7-8-17-31)24-23(28-2)11-18-34-24/h4-6,9-10,17,27H,2,7-8,11-16,18-20H2,1,3H3,(H,29,30). The van der Waals surface area contributed by atoms with Gasteiger partial charge in [0.1, 0.15) is 18.7 Å². The lowest BCUT2D eigenvalue weighted by Gasteiger charge is -2.35. The fourth-order valence-corrected chi connectivity index (χ4v) is 5.34. The Morgan fingerprint density at radius 3 is 2.71 bits per heavy atom. The van der Waals surface area contributed by atoms with Crippen molar-refractivity contribution in [3.8, 4) is 0 Å². The summed E-state index contributed by atoms with van der Waals surface area (Å²) in [5, 5.41) is 6.79. The number of benzene rings is 1. The minimum Gasteiger partial charge on any atom is -0.377 e. The molecule has 8 heteroatoms. The topological polar surface area (TPSA) is 92.1 Å². The van der Waals surface area contributed by atoms with Crippen LogP contribution in [0.3, 0.4) is 0 Å². The number of aldehydes is 1. The van der Waals surface area contributed by atoms with Gasteiger partial charge in [-0.15, -0.1) is 11.8 Å². The van der Waals surface area contributed by atoms with Crippen molar-refractivity contribution in [2.75, 3.05) is 46.2 Å². The fraction of sp³-hybridized carbons (Fsp3) is 0.538. The highest BCUT2D eigenvalue weighted by molar-refractivity contribution is 8.04. The maximum atomic E-state index is 12.7. The van der Waals surface area contributed by atoms with Gasteiger partial charge in [0.25, 0.3) is 0 Å². The largest absolute Gasteiger partial charge is 0.377 e. The second-order valence-electron chi connectivity index (χ2n) is 8.40. The molecular formula is C26H38N4O3S. The van der Waals surface area contributed by atoms with E-state index in [1.165, 1.54) is 0 Å². The van der Waals surface area contributed by atoms with E-state index in [0.29, 0.717) is 32.4 Å². The lowest BCUT2D eigenvalue weighted by molar-refractivity contribution is -0.124. The van der Waals surface area contributed by atoms with Gasteiger partial charge in [-0.05, 0) is 45.1 Å². The molecule has 0 radical (unpaired) electrons. The van der Waals surface area contributed by atoms with E-state index in [1.807, 2.05) is 25.2 Å². The highest BCUT2D eigenvalue weighted by atomic mass is 32.2. The first-order valence-electron chi connectivity index (χ1n) is 11.9. The normalized spacial score (nSPS) is 15.8. The molecule has 0 aliphatic carbocycles. The zero-order valence-electron chi connectivity index (χ0n) is 20.5. The van der Waals surface area contributed by atoms with Gasteiger partial charge in [-0.3, -0.25) is 14.8 Å². The average molecular weight is 487 g/mol. The number of allylic oxidation sites excluding steroid dienone is 1. The molecule has 1 atom stereocenters. The van der Waals surface area contributed by atoms with Crippen molar-refractivity contribution >= 4 is 36.4 Å². The Balaban J connectivity index is 2.26. The van der Waals surface area contributed by atoms with Crippen LogP contribution in [0.15, 0.2) is 50.9 Å². The predicted molar refractivity (Wildman–Crippen MR) is 142 cm³/mol. The Labute approximate surface area is 207 Å². The summed E-state index contributed by atoms with van der Waals surface area (Å²) in [6.07, 6.45) is 5.01. The molecule has 7 nitrogen and oxygen atoms in total. The number of carbonyl (C=O) groups excluding carboxylic acids is 2. The van der Waals surface area contributed by atoms with Gasteiger partial charge in [-0.2, -0.15) is 0 Å². The summed E-state index contributed by atoms with van der Waals surface area (Å²) in [7, 11) is 3.49. The maximum Gasteiger partial charge on any atom is 0.159 e. The number of ether oxygens (including phenoxy) is 1. The van der Waals surface area contributed by atoms with Crippen LogP contribution in [0.1, 0.15) is 44.1 Å². The average Bonchev–Trinajstić information content (AvgIpc) is 3.33. The van der Waals surface area contributed by atoms with Gasteiger partial charge < -0.3 is 20.2 Å². The third-order valence-electron chi connectivity index (χ3n) is 5.98. The third kappa shape index (κ3) is 8.49. The van der Waals surface area contributed by atoms with Crippen molar-refractivity contribution in [1.29, 1.82) is 0 Å². The molecule has 1 aliphatic heterocycles. The molecular weight excluding hydrogens is 448 g/mol. The second kappa shape index (κ2) is 15.6. The summed E-state index contributed by atoms with van der Waals surface area (Å²) >= 11 is 1.73. The predicted octanol–water partition coefficient (Wildman–Crippen LogP) is 3.55. The minimum atomic E-state index is -0.327. The van der Waals surface area contributed by atoms with Gasteiger partial charge in [0, 0.05) is 50.6 Å². The number of methoxy groups -OCH3 is 1. The van der Waals surface area contributed by atoms with E-state index in [0.717, 1.165) is 59.8 Å². The van der Waals surface area contributed by atoms with Crippen LogP contribution in [0.25, 0.3) is 0 Å². The molecule has 0 amide bonds. The van der Waals surface area contributed by atoms with Crippen LogP contribution >= 0.6 is 11.8 Å². The fourth-order valence-electron chi connectivity index (χ4n) is 4.23. The summed E-state index contributed by atoms with van der Waals surface area (Å²) in [4.78, 5) is 33.4. The van der Waals surface area contributed by atoms with Gasteiger partial charge in [-0.25, -0.2) is 0 Å². The highest BCUT2D eigenvalue weighted by Gasteiger charge is 2.34. The minimum absolute atomic E-state index is 0.0948. The molecule has 1 aromatic rings. The molecule has 1 heterocycles. The molecule has 1 aliphatic rings. The van der Waals surface area contributed by atoms with Crippen LogP contribution in [-0.4, -0.2) is 70.8 Å². The summed E-state index contributed by atoms with van der Waals surface area (Å²) in [5.41, 5.74) is 1.79. The van der Waals surface area contributed by atoms with Crippen molar-refractivity contribution in [3.63, 3.8) is 0 Å². The molecule has 0 saturated carbocycles. The van der Waals surface area contributed by atoms with E-state index in [-0.39, 0.29) is 17.8 Å². The third-order valence-corrected chi connectivity index (χ3v) is 7.11. The molecule has 1 unspecified atom stereocenters. The number of nitrogens with one attached hydrogen (secondary N) is 2. The first kappa shape index (κ1) is 28.0.